The summed E-state index contributed by atoms with van der Waals surface area (Å²) in [5, 5.41) is 2.26. The summed E-state index contributed by atoms with van der Waals surface area (Å²) < 4.78 is 4.41. The van der Waals surface area contributed by atoms with Crippen molar-refractivity contribution in [1.82, 2.24) is 10.2 Å². The van der Waals surface area contributed by atoms with Crippen LogP contribution >= 0.6 is 0 Å². The summed E-state index contributed by atoms with van der Waals surface area (Å²) in [4.78, 5) is 45.6. The lowest BCUT2D eigenvalue weighted by molar-refractivity contribution is -0.147. The second kappa shape index (κ2) is 8.18. The van der Waals surface area contributed by atoms with Crippen LogP contribution in [0, 0.1) is 0 Å². The number of ether oxygens (including phenoxy) is 1. The number of rotatable bonds is 7. The number of carbonyl (C=O) groups is 4. The number of nitrogens with zero attached hydrogens (tertiary/aromatic N) is 1. The van der Waals surface area contributed by atoms with E-state index < -0.39 is 17.8 Å². The summed E-state index contributed by atoms with van der Waals surface area (Å²) in [5.41, 5.74) is 5.05. The molecule has 0 radical (unpaired) electrons. The summed E-state index contributed by atoms with van der Waals surface area (Å²) in [6, 6.07) is 0. The third-order valence-electron chi connectivity index (χ3n) is 1.94. The van der Waals surface area contributed by atoms with Crippen LogP contribution in [0.1, 0.15) is 6.92 Å². The molecule has 0 heterocycles. The number of ketones is 1. The fraction of sp³-hybridized carbons (Fsp3) is 0.600. The molecule has 102 valence electrons. The molecule has 0 aromatic rings. The number of amides is 2. The molecular formula is C10H17N3O5. The minimum Gasteiger partial charge on any atom is -0.468 e. The fourth-order valence-corrected chi connectivity index (χ4v) is 1.08. The molecule has 3 N–H and O–H groups in total. The molecule has 0 spiro atoms. The minimum absolute atomic E-state index is 0.216. The summed E-state index contributed by atoms with van der Waals surface area (Å²) in [6.07, 6.45) is 0. The number of nitrogens with two attached hydrogens (primary N) is 1. The van der Waals surface area contributed by atoms with Crippen molar-refractivity contribution in [3.8, 4) is 0 Å². The maximum Gasteiger partial charge on any atom is 0.325 e. The quantitative estimate of drug-likeness (QED) is 0.494. The maximum absolute atomic E-state index is 11.7. The van der Waals surface area contributed by atoms with Gasteiger partial charge in [0.05, 0.1) is 26.7 Å². The maximum atomic E-state index is 11.7. The van der Waals surface area contributed by atoms with Crippen molar-refractivity contribution in [3.05, 3.63) is 0 Å². The number of nitrogens with one attached hydrogen (secondary N) is 1. The van der Waals surface area contributed by atoms with Gasteiger partial charge in [0.15, 0.2) is 0 Å². The van der Waals surface area contributed by atoms with E-state index in [-0.39, 0.29) is 32.0 Å². The number of hydrogen-bond acceptors (Lipinski definition) is 6. The Labute approximate surface area is 104 Å². The van der Waals surface area contributed by atoms with Gasteiger partial charge in [0, 0.05) is 0 Å². The molecule has 0 aromatic carbocycles. The lowest BCUT2D eigenvalue weighted by Gasteiger charge is -2.20. The molecule has 8 heteroatoms. The van der Waals surface area contributed by atoms with Crippen LogP contribution in [0.5, 0.6) is 0 Å². The first kappa shape index (κ1) is 16.0. The van der Waals surface area contributed by atoms with E-state index in [0.29, 0.717) is 0 Å². The van der Waals surface area contributed by atoms with E-state index in [1.807, 2.05) is 0 Å². The molecule has 2 amide bonds. The lowest BCUT2D eigenvalue weighted by atomic mass is 10.3. The van der Waals surface area contributed by atoms with Crippen molar-refractivity contribution < 1.29 is 23.9 Å². The van der Waals surface area contributed by atoms with Gasteiger partial charge >= 0.3 is 5.97 Å². The van der Waals surface area contributed by atoms with Crippen LogP contribution in [-0.4, -0.2) is 61.8 Å². The van der Waals surface area contributed by atoms with Gasteiger partial charge in [0.25, 0.3) is 0 Å². The molecule has 0 rings (SSSR count). The van der Waals surface area contributed by atoms with Crippen LogP contribution in [0.3, 0.4) is 0 Å². The van der Waals surface area contributed by atoms with Crippen molar-refractivity contribution in [2.75, 3.05) is 33.3 Å². The van der Waals surface area contributed by atoms with Gasteiger partial charge in [-0.2, -0.15) is 0 Å². The molecule has 0 unspecified atom stereocenters. The number of esters is 1. The van der Waals surface area contributed by atoms with Crippen molar-refractivity contribution in [2.45, 2.75) is 6.92 Å². The van der Waals surface area contributed by atoms with E-state index >= 15 is 0 Å². The molecule has 0 saturated carbocycles. The Balaban J connectivity index is 4.44. The van der Waals surface area contributed by atoms with E-state index in [1.165, 1.54) is 14.0 Å². The zero-order valence-electron chi connectivity index (χ0n) is 10.4. The Morgan fingerprint density at radius 1 is 1.22 bits per heavy atom. The van der Waals surface area contributed by atoms with Gasteiger partial charge in [-0.05, 0) is 6.92 Å². The number of Topliss-reactive ketones (excluding diaryl/α,β-unsaturated/α-hetero) is 1. The Bertz CT molecular complexity index is 342. The summed E-state index contributed by atoms with van der Waals surface area (Å²) >= 11 is 0. The van der Waals surface area contributed by atoms with Crippen LogP contribution in [0.4, 0.5) is 0 Å². The van der Waals surface area contributed by atoms with Gasteiger partial charge in [0.1, 0.15) is 12.3 Å². The molecular weight excluding hydrogens is 242 g/mol. The standard InChI is InChI=1S/C10H17N3O5/c1-7(14)5-13(6-10(17)18-2)9(16)4-12-8(15)3-11/h3-6,11H2,1-2H3,(H,12,15). The van der Waals surface area contributed by atoms with Gasteiger partial charge in [-0.1, -0.05) is 0 Å². The normalized spacial score (nSPS) is 9.50. The largest absolute Gasteiger partial charge is 0.468 e. The van der Waals surface area contributed by atoms with Gasteiger partial charge in [0.2, 0.25) is 11.8 Å². The highest BCUT2D eigenvalue weighted by molar-refractivity contribution is 5.90. The second-order valence-electron chi connectivity index (χ2n) is 3.51. The van der Waals surface area contributed by atoms with Crippen molar-refractivity contribution in [2.24, 2.45) is 5.73 Å². The van der Waals surface area contributed by atoms with Crippen molar-refractivity contribution in [3.63, 3.8) is 0 Å². The van der Waals surface area contributed by atoms with E-state index in [1.54, 1.807) is 0 Å². The lowest BCUT2D eigenvalue weighted by Crippen LogP contribution is -2.45. The Hall–Kier alpha value is -1.96. The number of carbonyl (C=O) groups excluding carboxylic acids is 4. The minimum atomic E-state index is -0.644. The highest BCUT2D eigenvalue weighted by atomic mass is 16.5. The summed E-state index contributed by atoms with van der Waals surface area (Å²) in [5.74, 6) is -1.98. The summed E-state index contributed by atoms with van der Waals surface area (Å²) in [7, 11) is 1.18. The highest BCUT2D eigenvalue weighted by Crippen LogP contribution is 1.92. The molecule has 18 heavy (non-hydrogen) atoms. The van der Waals surface area contributed by atoms with Gasteiger partial charge in [-0.3, -0.25) is 19.2 Å². The Kier molecular flexibility index (Phi) is 7.29. The second-order valence-corrected chi connectivity index (χ2v) is 3.51. The van der Waals surface area contributed by atoms with Crippen LogP contribution in [-0.2, 0) is 23.9 Å². The van der Waals surface area contributed by atoms with E-state index in [9.17, 15) is 19.2 Å². The van der Waals surface area contributed by atoms with E-state index in [4.69, 9.17) is 5.73 Å². The fourth-order valence-electron chi connectivity index (χ4n) is 1.08. The Morgan fingerprint density at radius 2 is 1.83 bits per heavy atom. The number of methoxy groups -OCH3 is 1. The molecule has 0 aromatic heterocycles. The zero-order valence-corrected chi connectivity index (χ0v) is 10.4. The van der Waals surface area contributed by atoms with Gasteiger partial charge in [-0.25, -0.2) is 0 Å². The Morgan fingerprint density at radius 3 is 2.28 bits per heavy atom. The number of hydrogen-bond donors (Lipinski definition) is 2. The topological polar surface area (TPSA) is 119 Å². The molecule has 8 nitrogen and oxygen atoms in total. The smallest absolute Gasteiger partial charge is 0.325 e. The van der Waals surface area contributed by atoms with Gasteiger partial charge in [-0.15, -0.1) is 0 Å². The van der Waals surface area contributed by atoms with Crippen LogP contribution in [0.15, 0.2) is 0 Å². The highest BCUT2D eigenvalue weighted by Gasteiger charge is 2.19. The zero-order chi connectivity index (χ0) is 14.1. The predicted molar refractivity (Wildman–Crippen MR) is 61.3 cm³/mol. The van der Waals surface area contributed by atoms with Crippen LogP contribution < -0.4 is 11.1 Å². The van der Waals surface area contributed by atoms with E-state index in [2.05, 4.69) is 10.1 Å². The average Bonchev–Trinajstić information content (AvgIpc) is 2.33. The van der Waals surface area contributed by atoms with Crippen LogP contribution in [0.25, 0.3) is 0 Å². The van der Waals surface area contributed by atoms with E-state index in [0.717, 1.165) is 4.90 Å². The van der Waals surface area contributed by atoms with Crippen LogP contribution in [0.2, 0.25) is 0 Å². The molecule has 0 aliphatic heterocycles. The molecule has 0 aliphatic rings. The predicted octanol–water partition coefficient (Wildman–Crippen LogP) is -2.35. The van der Waals surface area contributed by atoms with Gasteiger partial charge < -0.3 is 20.7 Å². The SMILES string of the molecule is COC(=O)CN(CC(C)=O)C(=O)CNC(=O)CN. The molecule has 0 fully saturated rings. The first-order chi connectivity index (χ1) is 8.40. The average molecular weight is 259 g/mol. The third kappa shape index (κ3) is 6.59. The first-order valence-electron chi connectivity index (χ1n) is 5.21. The molecule has 0 aliphatic carbocycles. The monoisotopic (exact) mass is 259 g/mol. The third-order valence-corrected chi connectivity index (χ3v) is 1.94. The first-order valence-corrected chi connectivity index (χ1v) is 5.21. The van der Waals surface area contributed by atoms with Crippen molar-refractivity contribution >= 4 is 23.6 Å². The molecule has 0 atom stereocenters. The van der Waals surface area contributed by atoms with Crippen molar-refractivity contribution in [1.29, 1.82) is 0 Å². The molecule has 0 saturated heterocycles. The summed E-state index contributed by atoms with van der Waals surface area (Å²) in [6.45, 7) is 0.174. The molecule has 0 bridgehead atoms.